The van der Waals surface area contributed by atoms with Gasteiger partial charge in [-0.2, -0.15) is 0 Å². The zero-order valence-electron chi connectivity index (χ0n) is 11.5. The lowest BCUT2D eigenvalue weighted by Gasteiger charge is -2.06. The first kappa shape index (κ1) is 13.1. The van der Waals surface area contributed by atoms with E-state index in [9.17, 15) is 4.79 Å². The fraction of sp³-hybridized carbons (Fsp3) is 0.0625. The van der Waals surface area contributed by atoms with Crippen LogP contribution in [0.15, 0.2) is 55.0 Å². The average Bonchev–Trinajstić information content (AvgIpc) is 3.01. The third-order valence-electron chi connectivity index (χ3n) is 3.07. The smallest absolute Gasteiger partial charge is 0.255 e. The van der Waals surface area contributed by atoms with Gasteiger partial charge in [-0.05, 0) is 31.2 Å². The van der Waals surface area contributed by atoms with Gasteiger partial charge in [-0.25, -0.2) is 4.98 Å². The fourth-order valence-corrected chi connectivity index (χ4v) is 2.03. The maximum atomic E-state index is 12.2. The molecule has 5 nitrogen and oxygen atoms in total. The molecule has 0 fully saturated rings. The van der Waals surface area contributed by atoms with Crippen molar-refractivity contribution in [3.05, 3.63) is 66.2 Å². The second-order valence-corrected chi connectivity index (χ2v) is 4.66. The SMILES string of the molecule is Cc1cc(NC(=O)c2ccc(-c3ncc[nH]3)cc2)ccn1. The van der Waals surface area contributed by atoms with Crippen LogP contribution >= 0.6 is 0 Å². The molecular weight excluding hydrogens is 264 g/mol. The zero-order chi connectivity index (χ0) is 14.7. The molecule has 0 saturated heterocycles. The van der Waals surface area contributed by atoms with Crippen LogP contribution in [0.2, 0.25) is 0 Å². The van der Waals surface area contributed by atoms with Crippen LogP contribution in [0.4, 0.5) is 5.69 Å². The van der Waals surface area contributed by atoms with Crippen molar-refractivity contribution in [1.29, 1.82) is 0 Å². The average molecular weight is 278 g/mol. The Morgan fingerprint density at radius 3 is 2.57 bits per heavy atom. The third-order valence-corrected chi connectivity index (χ3v) is 3.07. The van der Waals surface area contributed by atoms with Crippen molar-refractivity contribution in [3.8, 4) is 11.4 Å². The summed E-state index contributed by atoms with van der Waals surface area (Å²) in [6.07, 6.45) is 5.13. The highest BCUT2D eigenvalue weighted by molar-refractivity contribution is 6.04. The first-order chi connectivity index (χ1) is 10.2. The van der Waals surface area contributed by atoms with Crippen LogP contribution in [0.1, 0.15) is 16.1 Å². The highest BCUT2D eigenvalue weighted by atomic mass is 16.1. The Bertz CT molecular complexity index is 748. The van der Waals surface area contributed by atoms with Crippen molar-refractivity contribution in [1.82, 2.24) is 15.0 Å². The van der Waals surface area contributed by atoms with E-state index >= 15 is 0 Å². The summed E-state index contributed by atoms with van der Waals surface area (Å²) in [4.78, 5) is 23.5. The fourth-order valence-electron chi connectivity index (χ4n) is 2.03. The molecular formula is C16H14N4O. The maximum Gasteiger partial charge on any atom is 0.255 e. The van der Waals surface area contributed by atoms with Gasteiger partial charge in [0.25, 0.3) is 5.91 Å². The van der Waals surface area contributed by atoms with Crippen molar-refractivity contribution < 1.29 is 4.79 Å². The van der Waals surface area contributed by atoms with Crippen LogP contribution in [0, 0.1) is 6.92 Å². The molecule has 2 N–H and O–H groups in total. The van der Waals surface area contributed by atoms with Gasteiger partial charge in [-0.3, -0.25) is 9.78 Å². The molecule has 1 amide bonds. The molecule has 0 aliphatic carbocycles. The van der Waals surface area contributed by atoms with E-state index < -0.39 is 0 Å². The molecule has 0 bridgehead atoms. The predicted octanol–water partition coefficient (Wildman–Crippen LogP) is 3.03. The van der Waals surface area contributed by atoms with Crippen molar-refractivity contribution in [2.45, 2.75) is 6.92 Å². The van der Waals surface area contributed by atoms with Gasteiger partial charge in [-0.1, -0.05) is 12.1 Å². The molecule has 104 valence electrons. The van der Waals surface area contributed by atoms with E-state index in [4.69, 9.17) is 0 Å². The Labute approximate surface area is 122 Å². The van der Waals surface area contributed by atoms with Crippen molar-refractivity contribution in [2.24, 2.45) is 0 Å². The lowest BCUT2D eigenvalue weighted by atomic mass is 10.1. The number of anilines is 1. The molecule has 0 saturated carbocycles. The van der Waals surface area contributed by atoms with E-state index in [-0.39, 0.29) is 5.91 Å². The van der Waals surface area contributed by atoms with Crippen LogP contribution in [-0.4, -0.2) is 20.9 Å². The van der Waals surface area contributed by atoms with Gasteiger partial charge < -0.3 is 10.3 Å². The molecule has 0 radical (unpaired) electrons. The number of hydrogen-bond acceptors (Lipinski definition) is 3. The molecule has 1 aromatic carbocycles. The first-order valence-electron chi connectivity index (χ1n) is 6.56. The van der Waals surface area contributed by atoms with Gasteiger partial charge in [0.05, 0.1) is 0 Å². The monoisotopic (exact) mass is 278 g/mol. The normalized spacial score (nSPS) is 10.3. The summed E-state index contributed by atoms with van der Waals surface area (Å²) in [5.74, 6) is 0.637. The number of nitrogens with one attached hydrogen (secondary N) is 2. The number of amides is 1. The van der Waals surface area contributed by atoms with Gasteiger partial charge in [0.2, 0.25) is 0 Å². The lowest BCUT2D eigenvalue weighted by Crippen LogP contribution is -2.11. The third kappa shape index (κ3) is 2.97. The van der Waals surface area contributed by atoms with Gasteiger partial charge in [0, 0.05) is 41.1 Å². The Morgan fingerprint density at radius 1 is 1.10 bits per heavy atom. The molecule has 5 heteroatoms. The number of aryl methyl sites for hydroxylation is 1. The number of H-pyrrole nitrogens is 1. The highest BCUT2D eigenvalue weighted by Gasteiger charge is 2.07. The second kappa shape index (κ2) is 5.58. The van der Waals surface area contributed by atoms with E-state index in [1.165, 1.54) is 0 Å². The van der Waals surface area contributed by atoms with Crippen LogP contribution in [0.25, 0.3) is 11.4 Å². The van der Waals surface area contributed by atoms with Crippen LogP contribution in [0.3, 0.4) is 0 Å². The van der Waals surface area contributed by atoms with Crippen molar-refractivity contribution in [2.75, 3.05) is 5.32 Å². The number of pyridine rings is 1. The standard InChI is InChI=1S/C16H14N4O/c1-11-10-14(6-7-17-11)20-16(21)13-4-2-12(3-5-13)15-18-8-9-19-15/h2-10H,1H3,(H,18,19)(H,17,20,21). The summed E-state index contributed by atoms with van der Waals surface area (Å²) in [7, 11) is 0. The minimum atomic E-state index is -0.147. The molecule has 0 spiro atoms. The number of hydrogen-bond donors (Lipinski definition) is 2. The number of carbonyl (C=O) groups excluding carboxylic acids is 1. The van der Waals surface area contributed by atoms with Crippen LogP contribution < -0.4 is 5.32 Å². The molecule has 2 aromatic heterocycles. The van der Waals surface area contributed by atoms with E-state index in [2.05, 4.69) is 20.3 Å². The minimum absolute atomic E-state index is 0.147. The van der Waals surface area contributed by atoms with Crippen molar-refractivity contribution >= 4 is 11.6 Å². The molecule has 2 heterocycles. The lowest BCUT2D eigenvalue weighted by molar-refractivity contribution is 0.102. The summed E-state index contributed by atoms with van der Waals surface area (Å²) in [6.45, 7) is 1.88. The number of aromatic amines is 1. The van der Waals surface area contributed by atoms with Crippen LogP contribution in [-0.2, 0) is 0 Å². The molecule has 0 aliphatic heterocycles. The quantitative estimate of drug-likeness (QED) is 0.773. The summed E-state index contributed by atoms with van der Waals surface area (Å²) in [6, 6.07) is 10.9. The topological polar surface area (TPSA) is 70.7 Å². The highest BCUT2D eigenvalue weighted by Crippen LogP contribution is 2.16. The predicted molar refractivity (Wildman–Crippen MR) is 81.0 cm³/mol. The van der Waals surface area contributed by atoms with Gasteiger partial charge in [-0.15, -0.1) is 0 Å². The summed E-state index contributed by atoms with van der Waals surface area (Å²) in [5, 5.41) is 2.85. The van der Waals surface area contributed by atoms with Crippen LogP contribution in [0.5, 0.6) is 0 Å². The molecule has 0 atom stereocenters. The van der Waals surface area contributed by atoms with E-state index in [0.717, 1.165) is 22.8 Å². The van der Waals surface area contributed by atoms with Gasteiger partial charge >= 0.3 is 0 Å². The minimum Gasteiger partial charge on any atom is -0.345 e. The molecule has 3 aromatic rings. The largest absolute Gasteiger partial charge is 0.345 e. The summed E-state index contributed by atoms with van der Waals surface area (Å²) >= 11 is 0. The number of nitrogens with zero attached hydrogens (tertiary/aromatic N) is 2. The summed E-state index contributed by atoms with van der Waals surface area (Å²) < 4.78 is 0. The number of aromatic nitrogens is 3. The zero-order valence-corrected chi connectivity index (χ0v) is 11.5. The molecule has 21 heavy (non-hydrogen) atoms. The van der Waals surface area contributed by atoms with E-state index in [1.807, 2.05) is 25.1 Å². The Balaban J connectivity index is 1.76. The Kier molecular flexibility index (Phi) is 3.47. The maximum absolute atomic E-state index is 12.2. The molecule has 3 rings (SSSR count). The second-order valence-electron chi connectivity index (χ2n) is 4.66. The Hall–Kier alpha value is -2.95. The molecule has 0 unspecified atom stereocenters. The first-order valence-corrected chi connectivity index (χ1v) is 6.56. The Morgan fingerprint density at radius 2 is 1.90 bits per heavy atom. The number of imidazole rings is 1. The van der Waals surface area contributed by atoms with E-state index in [0.29, 0.717) is 5.56 Å². The van der Waals surface area contributed by atoms with Gasteiger partial charge in [0.15, 0.2) is 0 Å². The number of carbonyl (C=O) groups is 1. The number of benzene rings is 1. The summed E-state index contributed by atoms with van der Waals surface area (Å²) in [5.41, 5.74) is 3.14. The van der Waals surface area contributed by atoms with E-state index in [1.54, 1.807) is 36.8 Å². The van der Waals surface area contributed by atoms with Crippen molar-refractivity contribution in [3.63, 3.8) is 0 Å². The molecule has 0 aliphatic rings. The van der Waals surface area contributed by atoms with Gasteiger partial charge in [0.1, 0.15) is 5.82 Å². The number of rotatable bonds is 3.